The molecule has 1 atom stereocenters. The summed E-state index contributed by atoms with van der Waals surface area (Å²) in [5.74, 6) is 0. The summed E-state index contributed by atoms with van der Waals surface area (Å²) in [7, 11) is 0. The summed E-state index contributed by atoms with van der Waals surface area (Å²) in [5, 5.41) is 1.24. The van der Waals surface area contributed by atoms with Gasteiger partial charge in [0, 0.05) is 6.04 Å². The lowest BCUT2D eigenvalue weighted by Crippen LogP contribution is -2.20. The first-order valence-electron chi connectivity index (χ1n) is 5.54. The average molecular weight is 256 g/mol. The van der Waals surface area contributed by atoms with Crippen LogP contribution in [0.2, 0.25) is 10.0 Å². The van der Waals surface area contributed by atoms with Gasteiger partial charge < -0.3 is 5.73 Å². The highest BCUT2D eigenvalue weighted by molar-refractivity contribution is 6.42. The van der Waals surface area contributed by atoms with Crippen LogP contribution in [0.1, 0.15) is 24.8 Å². The predicted molar refractivity (Wildman–Crippen MR) is 70.1 cm³/mol. The molecule has 0 fully saturated rings. The van der Waals surface area contributed by atoms with Gasteiger partial charge in [-0.25, -0.2) is 0 Å². The number of hydrogen-bond donors (Lipinski definition) is 1. The van der Waals surface area contributed by atoms with Crippen LogP contribution in [0.25, 0.3) is 0 Å². The molecule has 1 unspecified atom stereocenters. The highest BCUT2D eigenvalue weighted by Crippen LogP contribution is 2.26. The molecule has 2 N–H and O–H groups in total. The van der Waals surface area contributed by atoms with Gasteiger partial charge in [-0.1, -0.05) is 40.9 Å². The molecular formula is C13H15Cl2N. The molecule has 1 aliphatic rings. The molecule has 0 aliphatic heterocycles. The lowest BCUT2D eigenvalue weighted by molar-refractivity contribution is 0.617. The molecule has 0 amide bonds. The fourth-order valence-electron chi connectivity index (χ4n) is 2.09. The summed E-state index contributed by atoms with van der Waals surface area (Å²) < 4.78 is 0. The van der Waals surface area contributed by atoms with Gasteiger partial charge in [0.25, 0.3) is 0 Å². The third-order valence-corrected chi connectivity index (χ3v) is 3.64. The predicted octanol–water partition coefficient (Wildman–Crippen LogP) is 3.97. The minimum atomic E-state index is 0.228. The molecule has 0 spiro atoms. The second kappa shape index (κ2) is 5.22. The molecule has 2 rings (SSSR count). The fraction of sp³-hybridized carbons (Fsp3) is 0.385. The summed E-state index contributed by atoms with van der Waals surface area (Å²) in [6.07, 6.45) is 6.56. The Hall–Kier alpha value is -0.500. The summed E-state index contributed by atoms with van der Waals surface area (Å²) in [6, 6.07) is 6.04. The Morgan fingerprint density at radius 3 is 2.75 bits per heavy atom. The smallest absolute Gasteiger partial charge is 0.0595 e. The van der Waals surface area contributed by atoms with Gasteiger partial charge >= 0.3 is 0 Å². The molecule has 16 heavy (non-hydrogen) atoms. The number of nitrogens with two attached hydrogens (primary N) is 1. The molecule has 0 bridgehead atoms. The van der Waals surface area contributed by atoms with Gasteiger partial charge in [0.2, 0.25) is 0 Å². The normalized spacial score (nSPS) is 20.7. The largest absolute Gasteiger partial charge is 0.324 e. The minimum absolute atomic E-state index is 0.228. The van der Waals surface area contributed by atoms with E-state index in [-0.39, 0.29) is 6.04 Å². The lowest BCUT2D eigenvalue weighted by Gasteiger charge is -2.17. The van der Waals surface area contributed by atoms with Gasteiger partial charge in [0.05, 0.1) is 10.0 Å². The van der Waals surface area contributed by atoms with Gasteiger partial charge in [-0.3, -0.25) is 0 Å². The van der Waals surface area contributed by atoms with Crippen molar-refractivity contribution in [3.8, 4) is 0 Å². The van der Waals surface area contributed by atoms with Crippen LogP contribution in [0.15, 0.2) is 29.8 Å². The van der Waals surface area contributed by atoms with E-state index < -0.39 is 0 Å². The maximum atomic E-state index is 5.98. The fourth-order valence-corrected chi connectivity index (χ4v) is 2.41. The topological polar surface area (TPSA) is 26.0 Å². The summed E-state index contributed by atoms with van der Waals surface area (Å²) in [6.45, 7) is 0. The second-order valence-electron chi connectivity index (χ2n) is 4.31. The lowest BCUT2D eigenvalue weighted by atomic mass is 9.92. The summed E-state index contributed by atoms with van der Waals surface area (Å²) >= 11 is 11.9. The number of hydrogen-bond acceptors (Lipinski definition) is 1. The minimum Gasteiger partial charge on any atom is -0.324 e. The molecule has 0 radical (unpaired) electrons. The van der Waals surface area contributed by atoms with Gasteiger partial charge in [-0.05, 0) is 43.4 Å². The van der Waals surface area contributed by atoms with Crippen molar-refractivity contribution in [1.29, 1.82) is 0 Å². The van der Waals surface area contributed by atoms with Crippen molar-refractivity contribution in [2.24, 2.45) is 5.73 Å². The van der Waals surface area contributed by atoms with Crippen LogP contribution in [-0.4, -0.2) is 6.04 Å². The quantitative estimate of drug-likeness (QED) is 0.796. The van der Waals surface area contributed by atoms with E-state index in [2.05, 4.69) is 6.08 Å². The Bertz CT molecular complexity index is 412. The van der Waals surface area contributed by atoms with Crippen molar-refractivity contribution in [2.75, 3.05) is 0 Å². The highest BCUT2D eigenvalue weighted by atomic mass is 35.5. The van der Waals surface area contributed by atoms with Crippen molar-refractivity contribution in [2.45, 2.75) is 31.7 Å². The Morgan fingerprint density at radius 1 is 1.25 bits per heavy atom. The Balaban J connectivity index is 2.11. The molecule has 1 aromatic rings. The zero-order valence-electron chi connectivity index (χ0n) is 9.05. The molecule has 0 saturated heterocycles. The van der Waals surface area contributed by atoms with Gasteiger partial charge in [0.15, 0.2) is 0 Å². The van der Waals surface area contributed by atoms with Crippen LogP contribution in [0.3, 0.4) is 0 Å². The zero-order valence-corrected chi connectivity index (χ0v) is 10.6. The monoisotopic (exact) mass is 255 g/mol. The molecule has 1 nitrogen and oxygen atoms in total. The van der Waals surface area contributed by atoms with E-state index in [9.17, 15) is 0 Å². The molecule has 0 saturated carbocycles. The van der Waals surface area contributed by atoms with E-state index >= 15 is 0 Å². The van der Waals surface area contributed by atoms with Crippen LogP contribution in [-0.2, 0) is 6.42 Å². The van der Waals surface area contributed by atoms with Gasteiger partial charge in [-0.2, -0.15) is 0 Å². The summed E-state index contributed by atoms with van der Waals surface area (Å²) in [5.41, 5.74) is 8.53. The zero-order chi connectivity index (χ0) is 11.5. The molecule has 0 aromatic heterocycles. The number of allylic oxidation sites excluding steroid dienone is 1. The van der Waals surface area contributed by atoms with Crippen molar-refractivity contribution < 1.29 is 0 Å². The Labute approximate surface area is 106 Å². The van der Waals surface area contributed by atoms with E-state index in [1.165, 1.54) is 17.6 Å². The average Bonchev–Trinajstić information content (AvgIpc) is 2.24. The SMILES string of the molecule is NC1C=C(Cc2ccc(Cl)c(Cl)c2)CCC1. The molecular weight excluding hydrogens is 241 g/mol. The number of benzene rings is 1. The van der Waals surface area contributed by atoms with E-state index in [1.54, 1.807) is 0 Å². The number of rotatable bonds is 2. The molecule has 1 aliphatic carbocycles. The first-order chi connectivity index (χ1) is 7.65. The molecule has 3 heteroatoms. The van der Waals surface area contributed by atoms with E-state index in [0.29, 0.717) is 10.0 Å². The van der Waals surface area contributed by atoms with Crippen LogP contribution in [0.4, 0.5) is 0 Å². The first kappa shape index (κ1) is 12.0. The standard InChI is InChI=1S/C13H15Cl2N/c14-12-5-4-10(8-13(12)15)6-9-2-1-3-11(16)7-9/h4-5,7-8,11H,1-3,6,16H2. The summed E-state index contributed by atoms with van der Waals surface area (Å²) in [4.78, 5) is 0. The van der Waals surface area contributed by atoms with Crippen molar-refractivity contribution >= 4 is 23.2 Å². The van der Waals surface area contributed by atoms with Gasteiger partial charge in [-0.15, -0.1) is 0 Å². The van der Waals surface area contributed by atoms with Crippen LogP contribution < -0.4 is 5.73 Å². The second-order valence-corrected chi connectivity index (χ2v) is 5.12. The van der Waals surface area contributed by atoms with Crippen molar-refractivity contribution in [3.05, 3.63) is 45.5 Å². The van der Waals surface area contributed by atoms with E-state index in [1.807, 2.05) is 18.2 Å². The Morgan fingerprint density at radius 2 is 2.06 bits per heavy atom. The van der Waals surface area contributed by atoms with Crippen LogP contribution in [0.5, 0.6) is 0 Å². The third kappa shape index (κ3) is 3.00. The number of halogens is 2. The van der Waals surface area contributed by atoms with E-state index in [4.69, 9.17) is 28.9 Å². The maximum absolute atomic E-state index is 5.98. The van der Waals surface area contributed by atoms with Crippen molar-refractivity contribution in [1.82, 2.24) is 0 Å². The van der Waals surface area contributed by atoms with Crippen LogP contribution >= 0.6 is 23.2 Å². The molecule has 86 valence electrons. The van der Waals surface area contributed by atoms with Gasteiger partial charge in [0.1, 0.15) is 0 Å². The maximum Gasteiger partial charge on any atom is 0.0595 e. The van der Waals surface area contributed by atoms with Crippen LogP contribution in [0, 0.1) is 0 Å². The third-order valence-electron chi connectivity index (χ3n) is 2.90. The molecule has 1 aromatic carbocycles. The Kier molecular flexibility index (Phi) is 3.91. The highest BCUT2D eigenvalue weighted by Gasteiger charge is 2.10. The first-order valence-corrected chi connectivity index (χ1v) is 6.30. The van der Waals surface area contributed by atoms with E-state index in [0.717, 1.165) is 19.3 Å². The van der Waals surface area contributed by atoms with Crippen molar-refractivity contribution in [3.63, 3.8) is 0 Å². The molecule has 0 heterocycles.